The Hall–Kier alpha value is -2.03. The van der Waals surface area contributed by atoms with Crippen molar-refractivity contribution in [2.45, 2.75) is 39.5 Å². The van der Waals surface area contributed by atoms with E-state index in [2.05, 4.69) is 23.4 Å². The fourth-order valence-corrected chi connectivity index (χ4v) is 3.03. The van der Waals surface area contributed by atoms with E-state index in [1.807, 2.05) is 0 Å². The zero-order chi connectivity index (χ0) is 15.6. The molecule has 0 saturated heterocycles. The Balaban J connectivity index is 2.17. The zero-order valence-electron chi connectivity index (χ0n) is 12.8. The molecule has 0 bridgehead atoms. The number of anilines is 1. The minimum atomic E-state index is -0.751. The number of aryl methyl sites for hydroxylation is 2. The molecule has 0 unspecified atom stereocenters. The summed E-state index contributed by atoms with van der Waals surface area (Å²) in [5.74, 6) is 0.444. The third-order valence-corrected chi connectivity index (χ3v) is 4.61. The van der Waals surface area contributed by atoms with Crippen molar-refractivity contribution in [1.82, 2.24) is 9.78 Å². The predicted octanol–water partition coefficient (Wildman–Crippen LogP) is 2.29. The number of nitrogens with one attached hydrogen (secondary N) is 1. The predicted molar refractivity (Wildman–Crippen MR) is 78.9 cm³/mol. The lowest BCUT2D eigenvalue weighted by molar-refractivity contribution is -0.150. The molecule has 6 heteroatoms. The quantitative estimate of drug-likeness (QED) is 0.887. The highest BCUT2D eigenvalue weighted by molar-refractivity contribution is 5.75. The number of hydrogen-bond donors (Lipinski definition) is 2. The van der Waals surface area contributed by atoms with Gasteiger partial charge in [0.25, 0.3) is 0 Å². The van der Waals surface area contributed by atoms with Crippen molar-refractivity contribution in [1.29, 1.82) is 5.26 Å². The Bertz CT molecular complexity index is 577. The lowest BCUT2D eigenvalue weighted by Gasteiger charge is -2.36. The van der Waals surface area contributed by atoms with Gasteiger partial charge in [-0.25, -0.2) is 0 Å². The summed E-state index contributed by atoms with van der Waals surface area (Å²) in [5, 5.41) is 26.2. The summed E-state index contributed by atoms with van der Waals surface area (Å²) in [6.45, 7) is 4.28. The van der Waals surface area contributed by atoms with E-state index in [1.54, 1.807) is 18.7 Å². The number of nitriles is 1. The maximum atomic E-state index is 11.7. The minimum Gasteiger partial charge on any atom is -0.481 e. The molecule has 0 spiro atoms. The van der Waals surface area contributed by atoms with E-state index in [0.717, 1.165) is 12.8 Å². The summed E-state index contributed by atoms with van der Waals surface area (Å²) in [7, 11) is 1.76. The number of carboxylic acid groups (broad SMARTS) is 1. The molecule has 0 aliphatic heterocycles. The molecular formula is C15H22N4O2. The number of aliphatic carboxylic acids is 1. The molecule has 6 nitrogen and oxygen atoms in total. The largest absolute Gasteiger partial charge is 0.481 e. The molecule has 21 heavy (non-hydrogen) atoms. The van der Waals surface area contributed by atoms with Crippen molar-refractivity contribution in [3.63, 3.8) is 0 Å². The first-order valence-corrected chi connectivity index (χ1v) is 7.30. The molecule has 2 N–H and O–H groups in total. The van der Waals surface area contributed by atoms with Crippen LogP contribution in [0.2, 0.25) is 0 Å². The van der Waals surface area contributed by atoms with Crippen molar-refractivity contribution in [2.24, 2.45) is 18.4 Å². The highest BCUT2D eigenvalue weighted by atomic mass is 16.4. The Morgan fingerprint density at radius 2 is 2.19 bits per heavy atom. The summed E-state index contributed by atoms with van der Waals surface area (Å²) < 4.78 is 1.61. The van der Waals surface area contributed by atoms with Gasteiger partial charge in [-0.15, -0.1) is 0 Å². The van der Waals surface area contributed by atoms with Crippen molar-refractivity contribution in [2.75, 3.05) is 11.9 Å². The van der Waals surface area contributed by atoms with Gasteiger partial charge in [0, 0.05) is 13.6 Å². The molecule has 1 saturated carbocycles. The van der Waals surface area contributed by atoms with Crippen LogP contribution in [0.25, 0.3) is 0 Å². The molecule has 1 aromatic rings. The van der Waals surface area contributed by atoms with E-state index in [1.165, 1.54) is 0 Å². The SMILES string of the molecule is Cc1nn(C)c(NCC2(C(=O)O)CCC(C)CC2)c1C#N. The summed E-state index contributed by atoms with van der Waals surface area (Å²) in [6.07, 6.45) is 3.22. The number of hydrogen-bond acceptors (Lipinski definition) is 4. The van der Waals surface area contributed by atoms with Gasteiger partial charge in [-0.05, 0) is 38.5 Å². The molecule has 0 radical (unpaired) electrons. The second-order valence-electron chi connectivity index (χ2n) is 6.17. The van der Waals surface area contributed by atoms with Gasteiger partial charge in [0.05, 0.1) is 11.1 Å². The minimum absolute atomic E-state index is 0.336. The highest BCUT2D eigenvalue weighted by Crippen LogP contribution is 2.39. The van der Waals surface area contributed by atoms with Crippen LogP contribution < -0.4 is 5.32 Å². The molecule has 1 heterocycles. The number of nitrogens with zero attached hydrogens (tertiary/aromatic N) is 3. The van der Waals surface area contributed by atoms with Crippen LogP contribution in [0.5, 0.6) is 0 Å². The molecule has 0 amide bonds. The third-order valence-electron chi connectivity index (χ3n) is 4.61. The molecule has 0 aromatic carbocycles. The first-order chi connectivity index (χ1) is 9.89. The van der Waals surface area contributed by atoms with E-state index in [0.29, 0.717) is 42.4 Å². The molecular weight excluding hydrogens is 268 g/mol. The summed E-state index contributed by atoms with van der Waals surface area (Å²) in [4.78, 5) is 11.7. The molecule has 0 atom stereocenters. The van der Waals surface area contributed by atoms with Crippen LogP contribution in [-0.2, 0) is 11.8 Å². The topological polar surface area (TPSA) is 90.9 Å². The normalized spacial score (nSPS) is 25.3. The van der Waals surface area contributed by atoms with Crippen LogP contribution in [0.4, 0.5) is 5.82 Å². The Morgan fingerprint density at radius 3 is 2.71 bits per heavy atom. The molecule has 114 valence electrons. The fourth-order valence-electron chi connectivity index (χ4n) is 3.03. The lowest BCUT2D eigenvalue weighted by Crippen LogP contribution is -2.41. The second kappa shape index (κ2) is 5.76. The molecule has 1 aliphatic rings. The Kier molecular flexibility index (Phi) is 4.21. The average molecular weight is 290 g/mol. The van der Waals surface area contributed by atoms with E-state index in [4.69, 9.17) is 0 Å². The van der Waals surface area contributed by atoms with Crippen molar-refractivity contribution < 1.29 is 9.90 Å². The van der Waals surface area contributed by atoms with Gasteiger partial charge in [0.2, 0.25) is 0 Å². The first kappa shape index (κ1) is 15.4. The fraction of sp³-hybridized carbons (Fsp3) is 0.667. The Morgan fingerprint density at radius 1 is 1.57 bits per heavy atom. The van der Waals surface area contributed by atoms with Crippen molar-refractivity contribution in [3.8, 4) is 6.07 Å². The van der Waals surface area contributed by atoms with Crippen LogP contribution >= 0.6 is 0 Å². The van der Waals surface area contributed by atoms with Crippen LogP contribution in [0.3, 0.4) is 0 Å². The van der Waals surface area contributed by atoms with Gasteiger partial charge in [-0.3, -0.25) is 9.48 Å². The second-order valence-corrected chi connectivity index (χ2v) is 6.17. The Labute approximate surface area is 124 Å². The summed E-state index contributed by atoms with van der Waals surface area (Å²) in [5.41, 5.74) is 0.406. The van der Waals surface area contributed by atoms with E-state index < -0.39 is 11.4 Å². The molecule has 1 aromatic heterocycles. The highest BCUT2D eigenvalue weighted by Gasteiger charge is 2.41. The molecule has 2 rings (SSSR count). The standard InChI is InChI=1S/C15H22N4O2/c1-10-4-6-15(7-5-10,14(20)21)9-17-13-12(8-16)11(2)18-19(13)3/h10,17H,4-7,9H2,1-3H3,(H,20,21). The van der Waals surface area contributed by atoms with Crippen LogP contribution in [-0.4, -0.2) is 27.4 Å². The summed E-state index contributed by atoms with van der Waals surface area (Å²) in [6, 6.07) is 2.13. The zero-order valence-corrected chi connectivity index (χ0v) is 12.8. The number of carbonyl (C=O) groups is 1. The lowest BCUT2D eigenvalue weighted by atomic mass is 9.71. The number of carboxylic acids is 1. The maximum absolute atomic E-state index is 11.7. The van der Waals surface area contributed by atoms with Crippen LogP contribution in [0, 0.1) is 29.6 Å². The van der Waals surface area contributed by atoms with Gasteiger partial charge >= 0.3 is 5.97 Å². The summed E-state index contributed by atoms with van der Waals surface area (Å²) >= 11 is 0. The maximum Gasteiger partial charge on any atom is 0.311 e. The van der Waals surface area contributed by atoms with Gasteiger partial charge in [-0.1, -0.05) is 6.92 Å². The van der Waals surface area contributed by atoms with Crippen LogP contribution in [0.15, 0.2) is 0 Å². The van der Waals surface area contributed by atoms with E-state index >= 15 is 0 Å². The number of aromatic nitrogens is 2. The van der Waals surface area contributed by atoms with Gasteiger partial charge in [0.1, 0.15) is 17.5 Å². The monoisotopic (exact) mass is 290 g/mol. The smallest absolute Gasteiger partial charge is 0.311 e. The van der Waals surface area contributed by atoms with E-state index in [9.17, 15) is 15.2 Å². The van der Waals surface area contributed by atoms with Gasteiger partial charge < -0.3 is 10.4 Å². The third kappa shape index (κ3) is 2.87. The average Bonchev–Trinajstić information content (AvgIpc) is 2.71. The number of rotatable bonds is 4. The van der Waals surface area contributed by atoms with Crippen LogP contribution in [0.1, 0.15) is 43.9 Å². The van der Waals surface area contributed by atoms with Gasteiger partial charge in [0.15, 0.2) is 0 Å². The first-order valence-electron chi connectivity index (χ1n) is 7.30. The van der Waals surface area contributed by atoms with E-state index in [-0.39, 0.29) is 0 Å². The molecule has 1 aliphatic carbocycles. The van der Waals surface area contributed by atoms with Crippen molar-refractivity contribution >= 4 is 11.8 Å². The van der Waals surface area contributed by atoms with Crippen molar-refractivity contribution in [3.05, 3.63) is 11.3 Å². The molecule has 1 fully saturated rings. The van der Waals surface area contributed by atoms with Gasteiger partial charge in [-0.2, -0.15) is 10.4 Å².